The van der Waals surface area contributed by atoms with Gasteiger partial charge >= 0.3 is 0 Å². The van der Waals surface area contributed by atoms with Gasteiger partial charge in [-0.25, -0.2) is 0 Å². The summed E-state index contributed by atoms with van der Waals surface area (Å²) in [5, 5.41) is 0. The predicted octanol–water partition coefficient (Wildman–Crippen LogP) is 5.25. The summed E-state index contributed by atoms with van der Waals surface area (Å²) >= 11 is 0. The van der Waals surface area contributed by atoms with Crippen LogP contribution in [0.15, 0.2) is 83.3 Å². The number of hydrogen-bond acceptors (Lipinski definition) is 5. The van der Waals surface area contributed by atoms with Gasteiger partial charge < -0.3 is 9.80 Å². The van der Waals surface area contributed by atoms with Gasteiger partial charge in [-0.2, -0.15) is 8.42 Å². The zero-order chi connectivity index (χ0) is 25.5. The molecule has 0 aromatic heterocycles. The Hall–Kier alpha value is -2.74. The van der Waals surface area contributed by atoms with Crippen LogP contribution in [0.2, 0.25) is 0 Å². The van der Waals surface area contributed by atoms with E-state index in [2.05, 4.69) is 11.0 Å². The number of allylic oxidation sites excluding steroid dienone is 2. The minimum atomic E-state index is -3.80. The van der Waals surface area contributed by atoms with E-state index < -0.39 is 16.2 Å². The normalized spacial score (nSPS) is 19.2. The van der Waals surface area contributed by atoms with Gasteiger partial charge in [-0.3, -0.25) is 8.98 Å². The summed E-state index contributed by atoms with van der Waals surface area (Å²) in [6, 6.07) is 16.9. The van der Waals surface area contributed by atoms with E-state index >= 15 is 0 Å². The zero-order valence-corrected chi connectivity index (χ0v) is 22.0. The zero-order valence-electron chi connectivity index (χ0n) is 21.2. The molecular weight excluding hydrogens is 472 g/mol. The summed E-state index contributed by atoms with van der Waals surface area (Å²) in [4.78, 5) is 17.3. The number of hydrogen-bond donors (Lipinski definition) is 0. The number of piperidine rings is 1. The molecule has 36 heavy (non-hydrogen) atoms. The van der Waals surface area contributed by atoms with E-state index in [0.29, 0.717) is 12.8 Å². The van der Waals surface area contributed by atoms with E-state index in [1.54, 1.807) is 24.3 Å². The highest BCUT2D eigenvalue weighted by atomic mass is 32.2. The minimum Gasteiger partial charge on any atom is -0.309 e. The summed E-state index contributed by atoms with van der Waals surface area (Å²) < 4.78 is 30.9. The van der Waals surface area contributed by atoms with Crippen molar-refractivity contribution in [1.82, 2.24) is 4.90 Å². The quantitative estimate of drug-likeness (QED) is 0.433. The first-order valence-electron chi connectivity index (χ1n) is 12.8. The van der Waals surface area contributed by atoms with Crippen molar-refractivity contribution < 1.29 is 17.4 Å². The van der Waals surface area contributed by atoms with E-state index in [1.165, 1.54) is 5.57 Å². The average Bonchev–Trinajstić information content (AvgIpc) is 2.89. The Balaban J connectivity index is 1.27. The maximum absolute atomic E-state index is 12.7. The second-order valence-electron chi connectivity index (χ2n) is 9.59. The molecule has 1 saturated heterocycles. The van der Waals surface area contributed by atoms with Crippen LogP contribution in [-0.4, -0.2) is 51.0 Å². The first-order chi connectivity index (χ1) is 17.4. The second kappa shape index (κ2) is 12.0. The van der Waals surface area contributed by atoms with Gasteiger partial charge in [0.15, 0.2) is 0 Å². The Kier molecular flexibility index (Phi) is 8.77. The van der Waals surface area contributed by atoms with Crippen molar-refractivity contribution in [2.75, 3.05) is 24.5 Å². The fourth-order valence-corrected chi connectivity index (χ4v) is 5.94. The van der Waals surface area contributed by atoms with Crippen molar-refractivity contribution in [3.8, 4) is 0 Å². The molecule has 4 rings (SSSR count). The van der Waals surface area contributed by atoms with Crippen LogP contribution in [0.3, 0.4) is 0 Å². The molecule has 0 bridgehead atoms. The summed E-state index contributed by atoms with van der Waals surface area (Å²) in [6.45, 7) is 6.63. The first-order valence-corrected chi connectivity index (χ1v) is 14.2. The molecule has 1 aliphatic carbocycles. The van der Waals surface area contributed by atoms with Crippen molar-refractivity contribution in [3.63, 3.8) is 0 Å². The molecule has 2 aromatic carbocycles. The molecule has 0 spiro atoms. The first kappa shape index (κ1) is 26.3. The Labute approximate surface area is 215 Å². The third kappa shape index (κ3) is 6.72. The number of para-hydroxylation sites is 1. The van der Waals surface area contributed by atoms with E-state index in [9.17, 15) is 13.2 Å². The summed E-state index contributed by atoms with van der Waals surface area (Å²) in [6.07, 6.45) is 9.13. The molecule has 1 aliphatic heterocycles. The van der Waals surface area contributed by atoms with Gasteiger partial charge in [0, 0.05) is 37.8 Å². The number of benzene rings is 2. The maximum Gasteiger partial charge on any atom is 0.297 e. The van der Waals surface area contributed by atoms with Crippen LogP contribution in [0.25, 0.3) is 0 Å². The van der Waals surface area contributed by atoms with Gasteiger partial charge in [0.05, 0.1) is 11.0 Å². The maximum atomic E-state index is 12.7. The molecule has 1 heterocycles. The Morgan fingerprint density at radius 2 is 1.75 bits per heavy atom. The summed E-state index contributed by atoms with van der Waals surface area (Å²) in [7, 11) is -3.80. The highest BCUT2D eigenvalue weighted by Gasteiger charge is 2.28. The standard InChI is InChI=1S/C29H36N2O4S/c1-3-29(32)31(25-9-5-4-6-10-25)26-17-20-30(21-18-26)19-16-24-8-7-11-27(22-24)35-36(33,34)28-14-12-23(2)13-15-28/h4-15,26-27H,3,16-22H2,1-2H3. The Morgan fingerprint density at radius 3 is 2.42 bits per heavy atom. The number of nitrogens with zero attached hydrogens (tertiary/aromatic N) is 2. The monoisotopic (exact) mass is 508 g/mol. The van der Waals surface area contributed by atoms with E-state index in [0.717, 1.165) is 50.1 Å². The van der Waals surface area contributed by atoms with Crippen LogP contribution in [0, 0.1) is 6.92 Å². The van der Waals surface area contributed by atoms with Crippen molar-refractivity contribution >= 4 is 21.7 Å². The van der Waals surface area contributed by atoms with Gasteiger partial charge in [0.1, 0.15) is 0 Å². The number of anilines is 1. The fourth-order valence-electron chi connectivity index (χ4n) is 4.91. The molecule has 7 heteroatoms. The average molecular weight is 509 g/mol. The second-order valence-corrected chi connectivity index (χ2v) is 11.2. The van der Waals surface area contributed by atoms with Gasteiger partial charge in [0.25, 0.3) is 10.1 Å². The van der Waals surface area contributed by atoms with Crippen molar-refractivity contribution in [2.45, 2.75) is 63.0 Å². The minimum absolute atomic E-state index is 0.172. The van der Waals surface area contributed by atoms with Crippen LogP contribution < -0.4 is 4.90 Å². The molecule has 1 amide bonds. The Bertz CT molecular complexity index is 1180. The third-order valence-corrected chi connectivity index (χ3v) is 8.31. The van der Waals surface area contributed by atoms with Crippen LogP contribution in [-0.2, 0) is 19.1 Å². The van der Waals surface area contributed by atoms with Crippen LogP contribution in [0.5, 0.6) is 0 Å². The number of aryl methyl sites for hydroxylation is 1. The smallest absolute Gasteiger partial charge is 0.297 e. The molecule has 2 aliphatic rings. The lowest BCUT2D eigenvalue weighted by molar-refractivity contribution is -0.119. The molecule has 1 fully saturated rings. The van der Waals surface area contributed by atoms with E-state index in [1.807, 2.05) is 61.2 Å². The molecule has 0 radical (unpaired) electrons. The molecule has 0 N–H and O–H groups in total. The van der Waals surface area contributed by atoms with Crippen LogP contribution >= 0.6 is 0 Å². The van der Waals surface area contributed by atoms with Crippen LogP contribution in [0.4, 0.5) is 5.69 Å². The van der Waals surface area contributed by atoms with Crippen molar-refractivity contribution in [3.05, 3.63) is 84.0 Å². The Morgan fingerprint density at radius 1 is 1.06 bits per heavy atom. The number of carbonyl (C=O) groups is 1. The van der Waals surface area contributed by atoms with Gasteiger partial charge in [-0.05, 0) is 56.9 Å². The molecule has 2 aromatic rings. The van der Waals surface area contributed by atoms with E-state index in [-0.39, 0.29) is 16.8 Å². The highest BCUT2D eigenvalue weighted by molar-refractivity contribution is 7.86. The number of rotatable bonds is 9. The number of likely N-dealkylation sites (tertiary alicyclic amines) is 1. The van der Waals surface area contributed by atoms with Crippen LogP contribution in [0.1, 0.15) is 44.6 Å². The third-order valence-electron chi connectivity index (χ3n) is 6.96. The summed E-state index contributed by atoms with van der Waals surface area (Å²) in [5.74, 6) is 0.172. The van der Waals surface area contributed by atoms with Gasteiger partial charge in [0.2, 0.25) is 5.91 Å². The molecule has 0 saturated carbocycles. The number of amides is 1. The molecule has 192 valence electrons. The lowest BCUT2D eigenvalue weighted by Gasteiger charge is -2.38. The topological polar surface area (TPSA) is 66.9 Å². The molecular formula is C29H36N2O4S. The lowest BCUT2D eigenvalue weighted by atomic mass is 9.98. The lowest BCUT2D eigenvalue weighted by Crippen LogP contribution is -2.47. The fraction of sp³-hybridized carbons (Fsp3) is 0.414. The highest BCUT2D eigenvalue weighted by Crippen LogP contribution is 2.27. The van der Waals surface area contributed by atoms with Crippen molar-refractivity contribution in [2.24, 2.45) is 0 Å². The SMILES string of the molecule is CCC(=O)N(c1ccccc1)C1CCN(CCC2=CC=CC(OS(=O)(=O)c3ccc(C)cc3)C2)CC1. The van der Waals surface area contributed by atoms with E-state index in [4.69, 9.17) is 4.18 Å². The molecule has 1 unspecified atom stereocenters. The number of carbonyl (C=O) groups excluding carboxylic acids is 1. The molecule has 1 atom stereocenters. The van der Waals surface area contributed by atoms with Crippen molar-refractivity contribution in [1.29, 1.82) is 0 Å². The van der Waals surface area contributed by atoms with Gasteiger partial charge in [-0.1, -0.05) is 66.6 Å². The predicted molar refractivity (Wildman–Crippen MR) is 143 cm³/mol. The summed E-state index contributed by atoms with van der Waals surface area (Å²) in [5.41, 5.74) is 3.18. The van der Waals surface area contributed by atoms with Gasteiger partial charge in [-0.15, -0.1) is 0 Å². The molecule has 6 nitrogen and oxygen atoms in total. The largest absolute Gasteiger partial charge is 0.309 e.